The number of hydrogen-bond donors (Lipinski definition) is 4. The molecule has 9 nitrogen and oxygen atoms in total. The van der Waals surface area contributed by atoms with Crippen molar-refractivity contribution in [3.63, 3.8) is 0 Å². The lowest BCUT2D eigenvalue weighted by Gasteiger charge is -2.17. The molecule has 0 fully saturated rings. The first-order valence-corrected chi connectivity index (χ1v) is 15.6. The lowest BCUT2D eigenvalue weighted by Crippen LogP contribution is -2.26. The van der Waals surface area contributed by atoms with Crippen LogP contribution in [0.3, 0.4) is 0 Å². The maximum Gasteiger partial charge on any atom is 0.335 e. The number of ether oxygens (including phenoxy) is 2. The minimum Gasteiger partial charge on any atom is -0.492 e. The Morgan fingerprint density at radius 3 is 2.28 bits per heavy atom. The van der Waals surface area contributed by atoms with Crippen molar-refractivity contribution in [2.75, 3.05) is 30.7 Å². The van der Waals surface area contributed by atoms with Crippen LogP contribution < -0.4 is 19.5 Å². The van der Waals surface area contributed by atoms with Crippen molar-refractivity contribution in [2.24, 2.45) is 0 Å². The summed E-state index contributed by atoms with van der Waals surface area (Å²) in [5.41, 5.74) is 5.85. The normalized spacial score (nSPS) is 12.0. The van der Waals surface area contributed by atoms with Crippen molar-refractivity contribution in [2.45, 2.75) is 26.6 Å². The Hall–Kier alpha value is -4.38. The van der Waals surface area contributed by atoms with E-state index in [1.54, 1.807) is 42.5 Å². The summed E-state index contributed by atoms with van der Waals surface area (Å²) in [6, 6.07) is 25.2. The van der Waals surface area contributed by atoms with Gasteiger partial charge >= 0.3 is 5.97 Å². The van der Waals surface area contributed by atoms with Crippen LogP contribution in [0.15, 0.2) is 84.9 Å². The average Bonchev–Trinajstić information content (AvgIpc) is 2.97. The molecular formula is C33H36N2O7S. The van der Waals surface area contributed by atoms with Crippen LogP contribution in [-0.4, -0.2) is 50.6 Å². The third-order valence-electron chi connectivity index (χ3n) is 6.76. The molecule has 0 saturated carbocycles. The molecule has 0 unspecified atom stereocenters. The first-order valence-electron chi connectivity index (χ1n) is 13.7. The number of sulfonamides is 1. The monoisotopic (exact) mass is 604 g/mol. The van der Waals surface area contributed by atoms with Crippen LogP contribution in [0.2, 0.25) is 0 Å². The molecule has 1 atom stereocenters. The molecule has 0 spiro atoms. The third kappa shape index (κ3) is 9.05. The Morgan fingerprint density at radius 1 is 0.884 bits per heavy atom. The van der Waals surface area contributed by atoms with Gasteiger partial charge in [-0.15, -0.1) is 0 Å². The van der Waals surface area contributed by atoms with Gasteiger partial charge in [0, 0.05) is 13.1 Å². The first kappa shape index (κ1) is 31.6. The number of aliphatic hydroxyl groups excluding tert-OH is 1. The molecular weight excluding hydrogens is 568 g/mol. The zero-order chi connectivity index (χ0) is 31.0. The van der Waals surface area contributed by atoms with Crippen LogP contribution in [0.25, 0.3) is 11.1 Å². The number of carbonyl (C=O) groups is 1. The molecule has 226 valence electrons. The lowest BCUT2D eigenvalue weighted by atomic mass is 9.97. The second kappa shape index (κ2) is 14.2. The summed E-state index contributed by atoms with van der Waals surface area (Å²) in [5.74, 6) is 0.147. The smallest absolute Gasteiger partial charge is 0.335 e. The number of aromatic carboxylic acids is 1. The van der Waals surface area contributed by atoms with Crippen LogP contribution in [0.4, 0.5) is 5.69 Å². The lowest BCUT2D eigenvalue weighted by molar-refractivity contribution is 0.0697. The second-order valence-electron chi connectivity index (χ2n) is 10.3. The van der Waals surface area contributed by atoms with Crippen molar-refractivity contribution < 1.29 is 32.9 Å². The van der Waals surface area contributed by atoms with E-state index in [9.17, 15) is 18.3 Å². The molecule has 4 aromatic carbocycles. The Morgan fingerprint density at radius 2 is 1.60 bits per heavy atom. The number of rotatable bonds is 14. The highest BCUT2D eigenvalue weighted by Crippen LogP contribution is 2.31. The molecule has 0 radical (unpaired) electrons. The summed E-state index contributed by atoms with van der Waals surface area (Å²) in [4.78, 5) is 11.1. The number of aliphatic hydroxyl groups is 1. The van der Waals surface area contributed by atoms with Crippen LogP contribution in [0, 0.1) is 13.8 Å². The fourth-order valence-corrected chi connectivity index (χ4v) is 5.09. The standard InChI is InChI=1S/C33H36N2O7S/c1-22-18-32(23(2)17-28(22)25-9-11-26(12-10-25)33(37)38)41-16-15-34-20-30(36)27-13-14-31(29(19-27)35-43(3,39)40)42-21-24-7-5-4-6-8-24/h4-14,17-19,30,34-36H,15-16,20-21H2,1-3H3,(H,37,38)/t30-/m0/s1. The van der Waals surface area contributed by atoms with Gasteiger partial charge in [0.1, 0.15) is 24.7 Å². The number of aryl methyl sites for hydroxylation is 2. The number of benzene rings is 4. The molecule has 0 amide bonds. The molecule has 0 aliphatic carbocycles. The zero-order valence-corrected chi connectivity index (χ0v) is 25.1. The third-order valence-corrected chi connectivity index (χ3v) is 7.35. The molecule has 10 heteroatoms. The van der Waals surface area contributed by atoms with Gasteiger partial charge in [-0.3, -0.25) is 4.72 Å². The summed E-state index contributed by atoms with van der Waals surface area (Å²) in [7, 11) is -3.57. The van der Waals surface area contributed by atoms with E-state index in [1.807, 2.05) is 56.3 Å². The van der Waals surface area contributed by atoms with E-state index < -0.39 is 22.1 Å². The Labute approximate surface area is 252 Å². The van der Waals surface area contributed by atoms with Gasteiger partial charge in [-0.25, -0.2) is 13.2 Å². The maximum absolute atomic E-state index is 12.0. The molecule has 0 saturated heterocycles. The number of nitrogens with one attached hydrogen (secondary N) is 2. The quantitative estimate of drug-likeness (QED) is 0.142. The van der Waals surface area contributed by atoms with E-state index >= 15 is 0 Å². The highest BCUT2D eigenvalue weighted by molar-refractivity contribution is 7.92. The minimum atomic E-state index is -3.57. The van der Waals surface area contributed by atoms with Crippen molar-refractivity contribution in [1.82, 2.24) is 5.32 Å². The molecule has 43 heavy (non-hydrogen) atoms. The summed E-state index contributed by atoms with van der Waals surface area (Å²) in [5, 5.41) is 23.1. The fourth-order valence-electron chi connectivity index (χ4n) is 4.53. The molecule has 0 heterocycles. The topological polar surface area (TPSA) is 134 Å². The molecule has 0 aromatic heterocycles. The van der Waals surface area contributed by atoms with Crippen molar-refractivity contribution in [1.29, 1.82) is 0 Å². The van der Waals surface area contributed by atoms with Gasteiger partial charge in [-0.1, -0.05) is 48.5 Å². The van der Waals surface area contributed by atoms with Gasteiger partial charge in [0.05, 0.1) is 23.6 Å². The van der Waals surface area contributed by atoms with E-state index in [4.69, 9.17) is 14.6 Å². The average molecular weight is 605 g/mol. The van der Waals surface area contributed by atoms with Gasteiger partial charge < -0.3 is 25.0 Å². The van der Waals surface area contributed by atoms with Crippen LogP contribution in [-0.2, 0) is 16.6 Å². The van der Waals surface area contributed by atoms with Gasteiger partial charge in [0.15, 0.2) is 0 Å². The molecule has 4 aromatic rings. The maximum atomic E-state index is 12.0. The van der Waals surface area contributed by atoms with Crippen molar-refractivity contribution >= 4 is 21.7 Å². The first-order chi connectivity index (χ1) is 20.5. The summed E-state index contributed by atoms with van der Waals surface area (Å²) < 4.78 is 38.3. The largest absolute Gasteiger partial charge is 0.492 e. The van der Waals surface area contributed by atoms with Gasteiger partial charge in [0.25, 0.3) is 0 Å². The number of carboxylic acid groups (broad SMARTS) is 1. The van der Waals surface area contributed by atoms with Gasteiger partial charge in [0.2, 0.25) is 10.0 Å². The predicted molar refractivity (Wildman–Crippen MR) is 167 cm³/mol. The van der Waals surface area contributed by atoms with E-state index in [0.29, 0.717) is 24.5 Å². The molecule has 0 aliphatic heterocycles. The Kier molecular flexibility index (Phi) is 10.4. The molecule has 0 aliphatic rings. The van der Waals surface area contributed by atoms with Crippen LogP contribution in [0.5, 0.6) is 11.5 Å². The van der Waals surface area contributed by atoms with E-state index in [1.165, 1.54) is 0 Å². The Bertz CT molecular complexity index is 1660. The summed E-state index contributed by atoms with van der Waals surface area (Å²) in [6.45, 7) is 5.27. The summed E-state index contributed by atoms with van der Waals surface area (Å²) >= 11 is 0. The SMILES string of the molecule is Cc1cc(-c2ccc(C(=O)O)cc2)c(C)cc1OCCNC[C@H](O)c1ccc(OCc2ccccc2)c(NS(C)(=O)=O)c1. The van der Waals surface area contributed by atoms with Crippen molar-refractivity contribution in [3.05, 3.63) is 113 Å². The van der Waals surface area contributed by atoms with E-state index in [0.717, 1.165) is 39.8 Å². The molecule has 4 N–H and O–H groups in total. The molecule has 4 rings (SSSR count). The highest BCUT2D eigenvalue weighted by atomic mass is 32.2. The van der Waals surface area contributed by atoms with E-state index in [2.05, 4.69) is 10.0 Å². The minimum absolute atomic E-state index is 0.231. The predicted octanol–water partition coefficient (Wildman–Crippen LogP) is 5.32. The van der Waals surface area contributed by atoms with Crippen molar-refractivity contribution in [3.8, 4) is 22.6 Å². The number of hydrogen-bond acceptors (Lipinski definition) is 7. The van der Waals surface area contributed by atoms with Gasteiger partial charge in [-0.05, 0) is 83.6 Å². The zero-order valence-electron chi connectivity index (χ0n) is 24.3. The van der Waals surface area contributed by atoms with Gasteiger partial charge in [-0.2, -0.15) is 0 Å². The van der Waals surface area contributed by atoms with Crippen LogP contribution in [0.1, 0.15) is 38.7 Å². The highest BCUT2D eigenvalue weighted by Gasteiger charge is 2.15. The number of anilines is 1. The fraction of sp³-hybridized carbons (Fsp3) is 0.242. The summed E-state index contributed by atoms with van der Waals surface area (Å²) in [6.07, 6.45) is 0.174. The Balaban J connectivity index is 1.31. The van der Waals surface area contributed by atoms with Crippen LogP contribution >= 0.6 is 0 Å². The van der Waals surface area contributed by atoms with E-state index in [-0.39, 0.29) is 24.4 Å². The molecule has 0 bridgehead atoms. The second-order valence-corrected chi connectivity index (χ2v) is 12.0. The number of carboxylic acids is 1.